The lowest BCUT2D eigenvalue weighted by atomic mass is 10.0. The topological polar surface area (TPSA) is 57.4 Å². The molecule has 4 rings (SSSR count). The van der Waals surface area contributed by atoms with Gasteiger partial charge in [-0.25, -0.2) is 0 Å². The van der Waals surface area contributed by atoms with Gasteiger partial charge in [-0.1, -0.05) is 18.2 Å². The molecule has 0 saturated carbocycles. The Balaban J connectivity index is 1.78. The summed E-state index contributed by atoms with van der Waals surface area (Å²) < 4.78 is 5.34. The summed E-state index contributed by atoms with van der Waals surface area (Å²) in [7, 11) is 5.81. The number of benzene rings is 2. The van der Waals surface area contributed by atoms with Gasteiger partial charge in [0, 0.05) is 27.8 Å². The Morgan fingerprint density at radius 3 is 2.75 bits per heavy atom. The van der Waals surface area contributed by atoms with Gasteiger partial charge < -0.3 is 19.9 Å². The van der Waals surface area contributed by atoms with Crippen molar-refractivity contribution in [2.24, 2.45) is 0 Å². The van der Waals surface area contributed by atoms with Crippen LogP contribution in [0.3, 0.4) is 0 Å². The standard InChI is InChI=1S/C23H25N3O2/c1-26(2)12-6-8-17-16-7-4-5-9-20(16)24-22(17)14-19-18-13-15(28-3)10-11-21(18)25-23(19)27/h4-5,7,9-11,13-14,24H,6,8,12H2,1-3H3,(H,25,27)/b19-14+. The number of hydrogen-bond acceptors (Lipinski definition) is 3. The number of amides is 1. The van der Waals surface area contributed by atoms with Crippen LogP contribution in [0.5, 0.6) is 5.75 Å². The number of aryl methyl sites for hydroxylation is 1. The monoisotopic (exact) mass is 375 g/mol. The van der Waals surface area contributed by atoms with Crippen molar-refractivity contribution in [3.8, 4) is 5.75 Å². The summed E-state index contributed by atoms with van der Waals surface area (Å²) in [5.41, 5.74) is 5.72. The molecule has 1 aromatic heterocycles. The van der Waals surface area contributed by atoms with Crippen molar-refractivity contribution in [1.82, 2.24) is 9.88 Å². The predicted molar refractivity (Wildman–Crippen MR) is 115 cm³/mol. The number of nitrogens with one attached hydrogen (secondary N) is 2. The van der Waals surface area contributed by atoms with E-state index in [1.807, 2.05) is 30.3 Å². The first-order valence-corrected chi connectivity index (χ1v) is 9.52. The Morgan fingerprint density at radius 1 is 1.14 bits per heavy atom. The Hall–Kier alpha value is -3.05. The van der Waals surface area contributed by atoms with Crippen LogP contribution in [0.25, 0.3) is 22.6 Å². The number of nitrogens with zero attached hydrogens (tertiary/aromatic N) is 1. The molecule has 5 nitrogen and oxygen atoms in total. The van der Waals surface area contributed by atoms with E-state index >= 15 is 0 Å². The van der Waals surface area contributed by atoms with E-state index in [0.717, 1.165) is 47.6 Å². The molecule has 0 spiro atoms. The number of aromatic amines is 1. The summed E-state index contributed by atoms with van der Waals surface area (Å²) in [5, 5.41) is 4.17. The molecular formula is C23H25N3O2. The molecule has 0 radical (unpaired) electrons. The van der Waals surface area contributed by atoms with Gasteiger partial charge in [0.1, 0.15) is 5.75 Å². The van der Waals surface area contributed by atoms with Gasteiger partial charge >= 0.3 is 0 Å². The van der Waals surface area contributed by atoms with Crippen LogP contribution in [0.4, 0.5) is 5.69 Å². The number of fused-ring (bicyclic) bond motifs is 2. The lowest BCUT2D eigenvalue weighted by Gasteiger charge is -2.09. The summed E-state index contributed by atoms with van der Waals surface area (Å²) >= 11 is 0. The van der Waals surface area contributed by atoms with Gasteiger partial charge in [-0.2, -0.15) is 0 Å². The highest BCUT2D eigenvalue weighted by atomic mass is 16.5. The van der Waals surface area contributed by atoms with Gasteiger partial charge in [0.25, 0.3) is 5.91 Å². The van der Waals surface area contributed by atoms with Crippen LogP contribution in [0, 0.1) is 0 Å². The molecule has 2 aromatic carbocycles. The molecule has 0 atom stereocenters. The van der Waals surface area contributed by atoms with Crippen LogP contribution in [0.1, 0.15) is 23.2 Å². The van der Waals surface area contributed by atoms with E-state index in [1.54, 1.807) is 7.11 Å². The summed E-state index contributed by atoms with van der Waals surface area (Å²) in [6, 6.07) is 14.0. The molecule has 0 fully saturated rings. The molecule has 144 valence electrons. The first-order valence-electron chi connectivity index (χ1n) is 9.52. The first kappa shape index (κ1) is 18.3. The normalized spacial score (nSPS) is 14.7. The number of para-hydroxylation sites is 1. The molecule has 1 amide bonds. The second kappa shape index (κ2) is 7.52. The first-order chi connectivity index (χ1) is 13.6. The minimum Gasteiger partial charge on any atom is -0.497 e. The van der Waals surface area contributed by atoms with E-state index < -0.39 is 0 Å². The number of rotatable bonds is 6. The third-order valence-corrected chi connectivity index (χ3v) is 5.18. The quantitative estimate of drug-likeness (QED) is 0.636. The van der Waals surface area contributed by atoms with Crippen molar-refractivity contribution in [3.63, 3.8) is 0 Å². The van der Waals surface area contributed by atoms with Crippen molar-refractivity contribution in [2.45, 2.75) is 12.8 Å². The minimum absolute atomic E-state index is 0.0823. The van der Waals surface area contributed by atoms with E-state index in [9.17, 15) is 4.79 Å². The van der Waals surface area contributed by atoms with Crippen molar-refractivity contribution < 1.29 is 9.53 Å². The van der Waals surface area contributed by atoms with Crippen molar-refractivity contribution >= 4 is 34.1 Å². The molecule has 0 aliphatic carbocycles. The lowest BCUT2D eigenvalue weighted by Crippen LogP contribution is -2.13. The number of anilines is 1. The highest BCUT2D eigenvalue weighted by Crippen LogP contribution is 2.36. The van der Waals surface area contributed by atoms with Crippen LogP contribution in [0.15, 0.2) is 42.5 Å². The van der Waals surface area contributed by atoms with E-state index in [1.165, 1.54) is 10.9 Å². The summed E-state index contributed by atoms with van der Waals surface area (Å²) in [4.78, 5) is 18.3. The third-order valence-electron chi connectivity index (χ3n) is 5.18. The van der Waals surface area contributed by atoms with Crippen LogP contribution in [-0.2, 0) is 11.2 Å². The second-order valence-electron chi connectivity index (χ2n) is 7.39. The van der Waals surface area contributed by atoms with Crippen LogP contribution < -0.4 is 10.1 Å². The Labute approximate surface area is 165 Å². The Bertz CT molecular complexity index is 1060. The van der Waals surface area contributed by atoms with Gasteiger partial charge in [0.05, 0.1) is 12.7 Å². The number of carbonyl (C=O) groups is 1. The number of methoxy groups -OCH3 is 1. The number of ether oxygens (including phenoxy) is 1. The molecule has 3 aromatic rings. The molecule has 1 aliphatic rings. The maximum Gasteiger partial charge on any atom is 0.256 e. The maximum absolute atomic E-state index is 12.6. The zero-order chi connectivity index (χ0) is 19.7. The van der Waals surface area contributed by atoms with E-state index in [4.69, 9.17) is 4.74 Å². The smallest absolute Gasteiger partial charge is 0.256 e. The summed E-state index contributed by atoms with van der Waals surface area (Å²) in [5.74, 6) is 0.658. The Kier molecular flexibility index (Phi) is 4.92. The fourth-order valence-corrected chi connectivity index (χ4v) is 3.77. The van der Waals surface area contributed by atoms with E-state index in [0.29, 0.717) is 5.57 Å². The van der Waals surface area contributed by atoms with Crippen molar-refractivity contribution in [3.05, 3.63) is 59.3 Å². The molecule has 2 N–H and O–H groups in total. The number of H-pyrrole nitrogens is 1. The Morgan fingerprint density at radius 2 is 1.96 bits per heavy atom. The van der Waals surface area contributed by atoms with E-state index in [-0.39, 0.29) is 5.91 Å². The average molecular weight is 375 g/mol. The van der Waals surface area contributed by atoms with Gasteiger partial charge in [0.15, 0.2) is 0 Å². The maximum atomic E-state index is 12.6. The fourth-order valence-electron chi connectivity index (χ4n) is 3.77. The second-order valence-corrected chi connectivity index (χ2v) is 7.39. The van der Waals surface area contributed by atoms with Gasteiger partial charge in [-0.3, -0.25) is 4.79 Å². The molecule has 0 bridgehead atoms. The molecule has 28 heavy (non-hydrogen) atoms. The molecular weight excluding hydrogens is 350 g/mol. The van der Waals surface area contributed by atoms with Crippen LogP contribution >= 0.6 is 0 Å². The third kappa shape index (κ3) is 3.41. The zero-order valence-corrected chi connectivity index (χ0v) is 16.5. The number of hydrogen-bond donors (Lipinski definition) is 2. The predicted octanol–water partition coefficient (Wildman–Crippen LogP) is 4.16. The molecule has 0 saturated heterocycles. The highest BCUT2D eigenvalue weighted by molar-refractivity contribution is 6.35. The minimum atomic E-state index is -0.0823. The van der Waals surface area contributed by atoms with Crippen LogP contribution in [0.2, 0.25) is 0 Å². The van der Waals surface area contributed by atoms with Crippen molar-refractivity contribution in [1.29, 1.82) is 0 Å². The highest BCUT2D eigenvalue weighted by Gasteiger charge is 2.25. The van der Waals surface area contributed by atoms with Crippen LogP contribution in [-0.4, -0.2) is 43.5 Å². The fraction of sp³-hybridized carbons (Fsp3) is 0.261. The summed E-state index contributed by atoms with van der Waals surface area (Å²) in [6.07, 6.45) is 3.99. The van der Waals surface area contributed by atoms with Gasteiger partial charge in [0.2, 0.25) is 0 Å². The molecule has 1 aliphatic heterocycles. The molecule has 0 unspecified atom stereocenters. The number of carbonyl (C=O) groups excluding carboxylic acids is 1. The SMILES string of the molecule is COc1ccc2c(c1)/C(=C\c1[nH]c3ccccc3c1CCCN(C)C)C(=O)N2. The zero-order valence-electron chi connectivity index (χ0n) is 16.5. The van der Waals surface area contributed by atoms with Gasteiger partial charge in [-0.15, -0.1) is 0 Å². The number of aromatic nitrogens is 1. The largest absolute Gasteiger partial charge is 0.497 e. The molecule has 2 heterocycles. The molecule has 5 heteroatoms. The van der Waals surface area contributed by atoms with Gasteiger partial charge in [-0.05, 0) is 69.4 Å². The average Bonchev–Trinajstić information content (AvgIpc) is 3.19. The lowest BCUT2D eigenvalue weighted by molar-refractivity contribution is -0.110. The summed E-state index contributed by atoms with van der Waals surface area (Å²) in [6.45, 7) is 1.02. The van der Waals surface area contributed by atoms with Crippen molar-refractivity contribution in [2.75, 3.05) is 33.1 Å². The van der Waals surface area contributed by atoms with E-state index in [2.05, 4.69) is 47.5 Å².